The minimum Gasteiger partial charge on any atom is -0.369 e. The van der Waals surface area contributed by atoms with Crippen LogP contribution in [0.4, 0.5) is 5.69 Å². The van der Waals surface area contributed by atoms with Gasteiger partial charge in [-0.2, -0.15) is 0 Å². The monoisotopic (exact) mass is 229 g/mol. The Morgan fingerprint density at radius 3 is 2.76 bits per heavy atom. The smallest absolute Gasteiger partial charge is 0.0664 e. The molecule has 3 rings (SSSR count). The van der Waals surface area contributed by atoms with Crippen molar-refractivity contribution < 1.29 is 0 Å². The summed E-state index contributed by atoms with van der Waals surface area (Å²) in [6, 6.07) is 6.70. The van der Waals surface area contributed by atoms with E-state index in [0.29, 0.717) is 0 Å². The summed E-state index contributed by atoms with van der Waals surface area (Å²) in [5.41, 5.74) is 1.33. The van der Waals surface area contributed by atoms with Gasteiger partial charge in [-0.15, -0.1) is 0 Å². The largest absolute Gasteiger partial charge is 0.369 e. The Morgan fingerprint density at radius 2 is 1.94 bits per heavy atom. The van der Waals surface area contributed by atoms with Crippen LogP contribution in [-0.4, -0.2) is 44.7 Å². The molecule has 0 radical (unpaired) electrons. The number of piperazine rings is 1. The summed E-state index contributed by atoms with van der Waals surface area (Å²) in [5.74, 6) is 0. The molecular weight excluding hydrogens is 210 g/mol. The highest BCUT2D eigenvalue weighted by Gasteiger charge is 2.14. The molecule has 90 valence electrons. The van der Waals surface area contributed by atoms with Crippen molar-refractivity contribution in [2.24, 2.45) is 4.99 Å². The fourth-order valence-electron chi connectivity index (χ4n) is 2.51. The Hall–Kier alpha value is -1.35. The topological polar surface area (TPSA) is 18.8 Å². The lowest BCUT2D eigenvalue weighted by molar-refractivity contribution is 0.313. The second kappa shape index (κ2) is 4.49. The second-order valence-electron chi connectivity index (χ2n) is 4.91. The zero-order chi connectivity index (χ0) is 11.7. The van der Waals surface area contributed by atoms with E-state index in [-0.39, 0.29) is 0 Å². The Morgan fingerprint density at radius 1 is 1.12 bits per heavy atom. The number of hydrogen-bond acceptors (Lipinski definition) is 3. The van der Waals surface area contributed by atoms with Gasteiger partial charge in [0.25, 0.3) is 0 Å². The molecule has 0 N–H and O–H groups in total. The van der Waals surface area contributed by atoms with Crippen molar-refractivity contribution in [3.05, 3.63) is 28.8 Å². The molecule has 0 spiro atoms. The molecule has 0 bridgehead atoms. The van der Waals surface area contributed by atoms with Gasteiger partial charge in [0, 0.05) is 38.4 Å². The lowest BCUT2D eigenvalue weighted by Crippen LogP contribution is -2.45. The summed E-state index contributed by atoms with van der Waals surface area (Å²) in [5, 5.41) is 2.47. The Balaban J connectivity index is 1.90. The summed E-state index contributed by atoms with van der Waals surface area (Å²) < 4.78 is 0. The standard InChI is InChI=1S/C14H19N3/c1-16-7-9-17(10-8-16)13-5-4-12-3-2-6-15-14(12)11-13/h3-5,11H,2,6-10H2,1H3. The number of fused-ring (bicyclic) bond motifs is 1. The first-order valence-electron chi connectivity index (χ1n) is 6.41. The van der Waals surface area contributed by atoms with Crippen LogP contribution >= 0.6 is 0 Å². The molecule has 1 saturated heterocycles. The SMILES string of the molecule is CN1CCN(c2ccc3c(c2)=NCCC=3)CC1. The molecule has 1 aromatic rings. The summed E-state index contributed by atoms with van der Waals surface area (Å²) in [6.45, 7) is 5.50. The molecule has 0 saturated carbocycles. The van der Waals surface area contributed by atoms with Crippen molar-refractivity contribution in [1.82, 2.24) is 4.90 Å². The number of hydrogen-bond donors (Lipinski definition) is 0. The first-order valence-corrected chi connectivity index (χ1v) is 6.41. The number of rotatable bonds is 1. The van der Waals surface area contributed by atoms with Crippen molar-refractivity contribution in [3.8, 4) is 0 Å². The Kier molecular flexibility index (Phi) is 2.85. The summed E-state index contributed by atoms with van der Waals surface area (Å²) in [4.78, 5) is 9.44. The minimum absolute atomic E-state index is 0.944. The van der Waals surface area contributed by atoms with E-state index in [4.69, 9.17) is 0 Å². The molecule has 0 aliphatic carbocycles. The maximum Gasteiger partial charge on any atom is 0.0664 e. The molecule has 0 aromatic heterocycles. The van der Waals surface area contributed by atoms with Gasteiger partial charge in [-0.3, -0.25) is 4.99 Å². The second-order valence-corrected chi connectivity index (χ2v) is 4.91. The van der Waals surface area contributed by atoms with Crippen molar-refractivity contribution in [1.29, 1.82) is 0 Å². The quantitative estimate of drug-likeness (QED) is 0.687. The van der Waals surface area contributed by atoms with Crippen LogP contribution in [0.15, 0.2) is 23.2 Å². The number of likely N-dealkylation sites (N-methyl/N-ethyl adjacent to an activating group) is 1. The van der Waals surface area contributed by atoms with Crippen LogP contribution in [0.3, 0.4) is 0 Å². The molecule has 0 atom stereocenters. The van der Waals surface area contributed by atoms with E-state index < -0.39 is 0 Å². The van der Waals surface area contributed by atoms with Crippen LogP contribution in [0.25, 0.3) is 6.08 Å². The predicted octanol–water partition coefficient (Wildman–Crippen LogP) is 0.242. The maximum absolute atomic E-state index is 4.60. The summed E-state index contributed by atoms with van der Waals surface area (Å²) >= 11 is 0. The van der Waals surface area contributed by atoms with Gasteiger partial charge in [0.05, 0.1) is 5.36 Å². The zero-order valence-corrected chi connectivity index (χ0v) is 10.4. The molecule has 0 unspecified atom stereocenters. The zero-order valence-electron chi connectivity index (χ0n) is 10.4. The van der Waals surface area contributed by atoms with E-state index in [1.165, 1.54) is 16.3 Å². The summed E-state index contributed by atoms with van der Waals surface area (Å²) in [6.07, 6.45) is 3.37. The van der Waals surface area contributed by atoms with Crippen LogP contribution in [0.5, 0.6) is 0 Å². The van der Waals surface area contributed by atoms with Crippen LogP contribution in [0, 0.1) is 0 Å². The lowest BCUT2D eigenvalue weighted by Gasteiger charge is -2.34. The van der Waals surface area contributed by atoms with Crippen molar-refractivity contribution in [3.63, 3.8) is 0 Å². The highest BCUT2D eigenvalue weighted by molar-refractivity contribution is 5.47. The van der Waals surface area contributed by atoms with Gasteiger partial charge < -0.3 is 9.80 Å². The van der Waals surface area contributed by atoms with Gasteiger partial charge in [-0.25, -0.2) is 0 Å². The Bertz CT molecular complexity index is 513. The van der Waals surface area contributed by atoms with E-state index in [9.17, 15) is 0 Å². The lowest BCUT2D eigenvalue weighted by atomic mass is 10.1. The first-order chi connectivity index (χ1) is 8.33. The molecule has 2 heterocycles. The van der Waals surface area contributed by atoms with Crippen LogP contribution in [0.1, 0.15) is 6.42 Å². The van der Waals surface area contributed by atoms with E-state index >= 15 is 0 Å². The number of nitrogens with zero attached hydrogens (tertiary/aromatic N) is 3. The van der Waals surface area contributed by atoms with Gasteiger partial charge in [0.2, 0.25) is 0 Å². The molecule has 0 amide bonds. The third-order valence-corrected chi connectivity index (χ3v) is 3.66. The number of anilines is 1. The summed E-state index contributed by atoms with van der Waals surface area (Å²) in [7, 11) is 2.19. The van der Waals surface area contributed by atoms with E-state index in [1.54, 1.807) is 0 Å². The Labute approximate surface area is 102 Å². The van der Waals surface area contributed by atoms with E-state index in [0.717, 1.165) is 39.1 Å². The van der Waals surface area contributed by atoms with E-state index in [1.807, 2.05) is 0 Å². The molecule has 2 aliphatic rings. The van der Waals surface area contributed by atoms with E-state index in [2.05, 4.69) is 46.1 Å². The molecule has 1 fully saturated rings. The maximum atomic E-state index is 4.60. The molecule has 3 heteroatoms. The highest BCUT2D eigenvalue weighted by Crippen LogP contribution is 2.12. The van der Waals surface area contributed by atoms with Gasteiger partial charge in [0.1, 0.15) is 0 Å². The third-order valence-electron chi connectivity index (χ3n) is 3.66. The molecule has 2 aliphatic heterocycles. The molecule has 1 aromatic carbocycles. The average Bonchev–Trinajstić information content (AvgIpc) is 2.39. The van der Waals surface area contributed by atoms with Crippen molar-refractivity contribution in [2.45, 2.75) is 6.42 Å². The predicted molar refractivity (Wildman–Crippen MR) is 70.9 cm³/mol. The van der Waals surface area contributed by atoms with Crippen LogP contribution in [0.2, 0.25) is 0 Å². The normalized spacial score (nSPS) is 20.4. The minimum atomic E-state index is 0.944. The van der Waals surface area contributed by atoms with Crippen LogP contribution in [-0.2, 0) is 0 Å². The molecule has 3 nitrogen and oxygen atoms in total. The van der Waals surface area contributed by atoms with Gasteiger partial charge in [0.15, 0.2) is 0 Å². The van der Waals surface area contributed by atoms with Gasteiger partial charge in [-0.1, -0.05) is 12.1 Å². The van der Waals surface area contributed by atoms with Gasteiger partial charge >= 0.3 is 0 Å². The molecule has 17 heavy (non-hydrogen) atoms. The van der Waals surface area contributed by atoms with Crippen molar-refractivity contribution in [2.75, 3.05) is 44.7 Å². The average molecular weight is 229 g/mol. The molecular formula is C14H19N3. The van der Waals surface area contributed by atoms with Crippen molar-refractivity contribution >= 4 is 11.8 Å². The highest BCUT2D eigenvalue weighted by atomic mass is 15.2. The first kappa shape index (κ1) is 10.8. The fraction of sp³-hybridized carbons (Fsp3) is 0.500. The fourth-order valence-corrected chi connectivity index (χ4v) is 2.51. The van der Waals surface area contributed by atoms with Gasteiger partial charge in [-0.05, 0) is 30.8 Å². The van der Waals surface area contributed by atoms with Crippen LogP contribution < -0.4 is 15.5 Å². The third kappa shape index (κ3) is 2.20. The number of benzene rings is 1.